The van der Waals surface area contributed by atoms with Crippen LogP contribution < -0.4 is 15.0 Å². The molecule has 9 nitrogen and oxygen atoms in total. The molecule has 0 radical (unpaired) electrons. The number of phenols is 1. The van der Waals surface area contributed by atoms with Crippen LogP contribution in [0.15, 0.2) is 42.7 Å². The van der Waals surface area contributed by atoms with Gasteiger partial charge in [-0.25, -0.2) is 18.2 Å². The molecule has 0 amide bonds. The third kappa shape index (κ3) is 5.41. The van der Waals surface area contributed by atoms with Crippen molar-refractivity contribution >= 4 is 39.1 Å². The molecule has 5 aromatic rings. The summed E-state index contributed by atoms with van der Waals surface area (Å²) in [4.78, 5) is 23.1. The summed E-state index contributed by atoms with van der Waals surface area (Å²) < 4.78 is 53.6. The first-order valence-electron chi connectivity index (χ1n) is 17.2. The maximum atomic E-state index is 17.5. The SMILES string of the molecule is C#Cc1c(F)ccc2cc(O)cc(-c3nc(-c4cncc(Cl)c4)c4c(N5C[C@H]6CC[C@@H](C5)N6)nc(OC[C@@]56CCCN5C[C@H](F)C6)nc4c3F)c12. The van der Waals surface area contributed by atoms with Gasteiger partial charge < -0.3 is 20.1 Å². The van der Waals surface area contributed by atoms with Gasteiger partial charge in [-0.2, -0.15) is 9.97 Å². The molecule has 4 aliphatic heterocycles. The second-order valence-electron chi connectivity index (χ2n) is 14.1. The number of ether oxygens (including phenoxy) is 1. The highest BCUT2D eigenvalue weighted by molar-refractivity contribution is 6.30. The van der Waals surface area contributed by atoms with Gasteiger partial charge in [0.25, 0.3) is 0 Å². The first-order valence-corrected chi connectivity index (χ1v) is 17.5. The number of aromatic hydroxyl groups is 1. The van der Waals surface area contributed by atoms with Crippen molar-refractivity contribution in [3.05, 3.63) is 64.9 Å². The Balaban J connectivity index is 1.31. The van der Waals surface area contributed by atoms with E-state index in [2.05, 4.69) is 26.0 Å². The Labute approximate surface area is 296 Å². The molecule has 0 spiro atoms. The zero-order valence-corrected chi connectivity index (χ0v) is 28.2. The topological polar surface area (TPSA) is 99.5 Å². The molecule has 51 heavy (non-hydrogen) atoms. The Morgan fingerprint density at radius 1 is 1.04 bits per heavy atom. The second kappa shape index (κ2) is 12.2. The number of alkyl halides is 1. The summed E-state index contributed by atoms with van der Waals surface area (Å²) in [5.74, 6) is 1.14. The third-order valence-corrected chi connectivity index (χ3v) is 11.1. The molecule has 2 N–H and O–H groups in total. The van der Waals surface area contributed by atoms with Gasteiger partial charge in [-0.1, -0.05) is 23.6 Å². The molecule has 7 heterocycles. The number of benzene rings is 2. The maximum absolute atomic E-state index is 17.5. The van der Waals surface area contributed by atoms with Crippen LogP contribution in [-0.4, -0.2) is 86.5 Å². The van der Waals surface area contributed by atoms with E-state index in [1.165, 1.54) is 30.5 Å². The fourth-order valence-corrected chi connectivity index (χ4v) is 8.90. The highest BCUT2D eigenvalue weighted by Crippen LogP contribution is 2.44. The number of nitrogens with one attached hydrogen (secondary N) is 1. The van der Waals surface area contributed by atoms with Crippen molar-refractivity contribution in [2.45, 2.75) is 55.9 Å². The Morgan fingerprint density at radius 2 is 1.86 bits per heavy atom. The third-order valence-electron chi connectivity index (χ3n) is 10.9. The summed E-state index contributed by atoms with van der Waals surface area (Å²) in [6.45, 7) is 2.52. The lowest BCUT2D eigenvalue weighted by Crippen LogP contribution is -2.51. The van der Waals surface area contributed by atoms with Crippen molar-refractivity contribution in [3.8, 4) is 46.6 Å². The molecule has 0 unspecified atom stereocenters. The average molecular weight is 712 g/mol. The van der Waals surface area contributed by atoms with Gasteiger partial charge in [0.2, 0.25) is 0 Å². The molecule has 4 atom stereocenters. The van der Waals surface area contributed by atoms with Gasteiger partial charge in [-0.3, -0.25) is 9.88 Å². The quantitative estimate of drug-likeness (QED) is 0.193. The molecule has 0 saturated carbocycles. The number of phenolic OH excluding ortho intramolecular Hbond substituents is 1. The minimum atomic E-state index is -0.951. The van der Waals surface area contributed by atoms with Crippen molar-refractivity contribution in [1.29, 1.82) is 0 Å². The molecular weight excluding hydrogens is 679 g/mol. The molecule has 9 rings (SSSR count). The molecule has 4 aliphatic rings. The number of halogens is 4. The standard InChI is InChI=1S/C38H33ClF3N7O2/c1-2-27-29(41)7-4-20-11-26(50)12-28(30(20)27)34-32(42)35-31(33(45-34)21-10-22(39)15-43-14-21)36(48-17-24-5-6-25(18-48)44-24)47-37(46-35)51-19-38-8-3-9-49(38)16-23(40)13-38/h1,4,7,10-12,14-15,23-25,44,50H,3,5-6,8-9,13,16-19H2/t23-,24-,25+,38+/m1/s1. The zero-order valence-electron chi connectivity index (χ0n) is 27.5. The largest absolute Gasteiger partial charge is 0.508 e. The summed E-state index contributed by atoms with van der Waals surface area (Å²) in [7, 11) is 0. The number of hydrogen-bond acceptors (Lipinski definition) is 9. The maximum Gasteiger partial charge on any atom is 0.319 e. The molecule has 4 saturated heterocycles. The van der Waals surface area contributed by atoms with Gasteiger partial charge in [0.05, 0.1) is 27.2 Å². The van der Waals surface area contributed by atoms with Gasteiger partial charge in [-0.05, 0) is 61.9 Å². The summed E-state index contributed by atoms with van der Waals surface area (Å²) in [5, 5.41) is 15.7. The Bertz CT molecular complexity index is 2270. The lowest BCUT2D eigenvalue weighted by molar-refractivity contribution is 0.107. The van der Waals surface area contributed by atoms with Gasteiger partial charge in [0, 0.05) is 67.0 Å². The van der Waals surface area contributed by atoms with Crippen molar-refractivity contribution in [3.63, 3.8) is 0 Å². The average Bonchev–Trinajstić information content (AvgIpc) is 3.77. The van der Waals surface area contributed by atoms with E-state index in [-0.39, 0.29) is 63.9 Å². The summed E-state index contributed by atoms with van der Waals surface area (Å²) >= 11 is 6.45. The van der Waals surface area contributed by atoms with Crippen LogP contribution in [0, 0.1) is 24.0 Å². The van der Waals surface area contributed by atoms with Crippen LogP contribution in [0.1, 0.15) is 37.7 Å². The van der Waals surface area contributed by atoms with Crippen molar-refractivity contribution < 1.29 is 23.0 Å². The number of pyridine rings is 2. The summed E-state index contributed by atoms with van der Waals surface area (Å²) in [6.07, 6.45) is 11.9. The highest BCUT2D eigenvalue weighted by Gasteiger charge is 2.49. The predicted molar refractivity (Wildman–Crippen MR) is 189 cm³/mol. The van der Waals surface area contributed by atoms with E-state index in [0.717, 1.165) is 32.2 Å². The minimum absolute atomic E-state index is 0.0470. The number of fused-ring (bicyclic) bond motifs is 5. The van der Waals surface area contributed by atoms with E-state index in [4.69, 9.17) is 37.7 Å². The number of rotatable bonds is 6. The highest BCUT2D eigenvalue weighted by atomic mass is 35.5. The number of piperazine rings is 1. The van der Waals surface area contributed by atoms with Crippen LogP contribution in [-0.2, 0) is 0 Å². The molecule has 3 aromatic heterocycles. The monoisotopic (exact) mass is 711 g/mol. The van der Waals surface area contributed by atoms with Gasteiger partial charge >= 0.3 is 6.01 Å². The van der Waals surface area contributed by atoms with E-state index >= 15 is 8.78 Å². The molecule has 260 valence electrons. The summed E-state index contributed by atoms with van der Waals surface area (Å²) in [6, 6.07) is 7.48. The van der Waals surface area contributed by atoms with E-state index in [0.29, 0.717) is 53.2 Å². The normalized spacial score (nSPS) is 24.4. The zero-order chi connectivity index (χ0) is 35.0. The molecule has 4 fully saturated rings. The fourth-order valence-electron chi connectivity index (χ4n) is 8.73. The van der Waals surface area contributed by atoms with Crippen molar-refractivity contribution in [1.82, 2.24) is 30.2 Å². The fraction of sp³-hybridized carbons (Fsp3) is 0.368. The Kier molecular flexibility index (Phi) is 7.72. The van der Waals surface area contributed by atoms with Crippen LogP contribution in [0.2, 0.25) is 5.02 Å². The molecule has 2 bridgehead atoms. The van der Waals surface area contributed by atoms with Crippen molar-refractivity contribution in [2.24, 2.45) is 0 Å². The minimum Gasteiger partial charge on any atom is -0.508 e. The first-order chi connectivity index (χ1) is 24.7. The van der Waals surface area contributed by atoms with Crippen LogP contribution in [0.3, 0.4) is 0 Å². The lowest BCUT2D eigenvalue weighted by Gasteiger charge is -2.35. The predicted octanol–water partition coefficient (Wildman–Crippen LogP) is 6.42. The van der Waals surface area contributed by atoms with Crippen LogP contribution >= 0.6 is 11.6 Å². The van der Waals surface area contributed by atoms with Gasteiger partial charge in [0.1, 0.15) is 41.4 Å². The second-order valence-corrected chi connectivity index (χ2v) is 14.6. The van der Waals surface area contributed by atoms with Crippen LogP contribution in [0.4, 0.5) is 19.0 Å². The smallest absolute Gasteiger partial charge is 0.319 e. The number of aromatic nitrogens is 4. The number of terminal acetylenes is 1. The number of nitrogens with zero attached hydrogens (tertiary/aromatic N) is 6. The van der Waals surface area contributed by atoms with Gasteiger partial charge in [0.15, 0.2) is 5.82 Å². The van der Waals surface area contributed by atoms with Crippen molar-refractivity contribution in [2.75, 3.05) is 37.7 Å². The first kappa shape index (κ1) is 32.2. The van der Waals surface area contributed by atoms with E-state index in [9.17, 15) is 9.50 Å². The molecule has 0 aliphatic carbocycles. The Hall–Kier alpha value is -4.70. The lowest BCUT2D eigenvalue weighted by atomic mass is 9.95. The number of anilines is 1. The number of hydrogen-bond donors (Lipinski definition) is 2. The molecular formula is C38H33ClF3N7O2. The van der Waals surface area contributed by atoms with Crippen LogP contribution in [0.5, 0.6) is 11.8 Å². The van der Waals surface area contributed by atoms with Crippen LogP contribution in [0.25, 0.3) is 44.2 Å². The van der Waals surface area contributed by atoms with E-state index < -0.39 is 23.3 Å². The van der Waals surface area contributed by atoms with E-state index in [1.54, 1.807) is 12.3 Å². The van der Waals surface area contributed by atoms with E-state index in [1.807, 2.05) is 0 Å². The molecule has 2 aromatic carbocycles. The van der Waals surface area contributed by atoms with Gasteiger partial charge in [-0.15, -0.1) is 6.42 Å². The molecule has 13 heteroatoms. The Morgan fingerprint density at radius 3 is 2.65 bits per heavy atom. The summed E-state index contributed by atoms with van der Waals surface area (Å²) in [5.41, 5.74) is -0.0475.